The summed E-state index contributed by atoms with van der Waals surface area (Å²) in [6, 6.07) is 3.54. The number of benzene rings is 1. The largest absolute Gasteiger partial charge is 0.486 e. The first-order valence-corrected chi connectivity index (χ1v) is 7.57. The van der Waals surface area contributed by atoms with Gasteiger partial charge in [0, 0.05) is 21.6 Å². The van der Waals surface area contributed by atoms with E-state index in [1.807, 2.05) is 0 Å². The Hall–Kier alpha value is -0.710. The Labute approximate surface area is 118 Å². The molecule has 0 saturated carbocycles. The number of hydrogen-bond acceptors (Lipinski definition) is 3. The standard InChI is InChI=1S/C12H12Cl2O3S/c1-8(13)6-18(15)7-9-4-10(14)12-11(5-9)16-2-3-17-12/h4-5H,1-3,6-7H2. The van der Waals surface area contributed by atoms with E-state index in [1.165, 1.54) is 0 Å². The average molecular weight is 307 g/mol. The predicted octanol–water partition coefficient (Wildman–Crippen LogP) is 3.11. The molecule has 3 nitrogen and oxygen atoms in total. The second kappa shape index (κ2) is 5.95. The highest BCUT2D eigenvalue weighted by Gasteiger charge is 2.17. The number of hydrogen-bond donors (Lipinski definition) is 0. The second-order valence-corrected chi connectivity index (χ2v) is 6.25. The van der Waals surface area contributed by atoms with Gasteiger partial charge in [-0.2, -0.15) is 0 Å². The Bertz CT molecular complexity index is 502. The summed E-state index contributed by atoms with van der Waals surface area (Å²) < 4.78 is 22.6. The van der Waals surface area contributed by atoms with Crippen LogP contribution in [0.2, 0.25) is 5.02 Å². The Balaban J connectivity index is 2.17. The van der Waals surface area contributed by atoms with E-state index in [0.717, 1.165) is 5.56 Å². The first-order valence-electron chi connectivity index (χ1n) is 5.32. The summed E-state index contributed by atoms with van der Waals surface area (Å²) in [5.41, 5.74) is 0.834. The first-order chi connectivity index (χ1) is 8.56. The van der Waals surface area contributed by atoms with Gasteiger partial charge in [0.15, 0.2) is 11.5 Å². The van der Waals surface area contributed by atoms with E-state index in [1.54, 1.807) is 12.1 Å². The van der Waals surface area contributed by atoms with Crippen molar-refractivity contribution in [3.63, 3.8) is 0 Å². The van der Waals surface area contributed by atoms with Gasteiger partial charge in [-0.05, 0) is 17.7 Å². The number of fused-ring (bicyclic) bond motifs is 1. The van der Waals surface area contributed by atoms with E-state index in [0.29, 0.717) is 40.5 Å². The molecule has 18 heavy (non-hydrogen) atoms. The average Bonchev–Trinajstić information content (AvgIpc) is 2.27. The highest BCUT2D eigenvalue weighted by atomic mass is 35.5. The van der Waals surface area contributed by atoms with E-state index in [9.17, 15) is 4.21 Å². The van der Waals surface area contributed by atoms with Gasteiger partial charge in [-0.3, -0.25) is 4.21 Å². The van der Waals surface area contributed by atoms with Crippen LogP contribution in [0.5, 0.6) is 11.5 Å². The van der Waals surface area contributed by atoms with Crippen LogP contribution in [0.15, 0.2) is 23.7 Å². The molecule has 0 radical (unpaired) electrons. The minimum absolute atomic E-state index is 0.271. The molecule has 1 unspecified atom stereocenters. The molecular formula is C12H12Cl2O3S. The maximum absolute atomic E-state index is 11.8. The molecule has 0 aromatic heterocycles. The first kappa shape index (κ1) is 13.7. The summed E-state index contributed by atoms with van der Waals surface area (Å²) in [6.45, 7) is 4.51. The van der Waals surface area contributed by atoms with Gasteiger partial charge in [-0.25, -0.2) is 0 Å². The summed E-state index contributed by atoms with van der Waals surface area (Å²) in [6.07, 6.45) is 0. The monoisotopic (exact) mass is 306 g/mol. The fourth-order valence-corrected chi connectivity index (χ4v) is 3.30. The molecule has 1 aliphatic rings. The smallest absolute Gasteiger partial charge is 0.179 e. The third kappa shape index (κ3) is 3.40. The van der Waals surface area contributed by atoms with Crippen molar-refractivity contribution in [1.29, 1.82) is 0 Å². The van der Waals surface area contributed by atoms with Gasteiger partial charge >= 0.3 is 0 Å². The molecule has 0 fully saturated rings. The third-order valence-corrected chi connectivity index (χ3v) is 4.20. The lowest BCUT2D eigenvalue weighted by Crippen LogP contribution is -2.16. The van der Waals surface area contributed by atoms with E-state index in [2.05, 4.69) is 6.58 Å². The van der Waals surface area contributed by atoms with Crippen LogP contribution < -0.4 is 9.47 Å². The Kier molecular flexibility index (Phi) is 4.54. The molecule has 1 aliphatic heterocycles. The summed E-state index contributed by atoms with van der Waals surface area (Å²) in [7, 11) is -1.10. The fourth-order valence-electron chi connectivity index (χ4n) is 1.66. The third-order valence-electron chi connectivity index (χ3n) is 2.30. The van der Waals surface area contributed by atoms with Crippen LogP contribution in [0, 0.1) is 0 Å². The molecular weight excluding hydrogens is 295 g/mol. The van der Waals surface area contributed by atoms with Crippen LogP contribution in [0.3, 0.4) is 0 Å². The SMILES string of the molecule is C=C(Cl)CS(=O)Cc1cc(Cl)c2c(c1)OCCO2. The molecule has 1 aromatic rings. The number of halogens is 2. The zero-order chi connectivity index (χ0) is 13.1. The van der Waals surface area contributed by atoms with Crippen molar-refractivity contribution in [3.8, 4) is 11.5 Å². The van der Waals surface area contributed by atoms with Crippen LogP contribution in [0.1, 0.15) is 5.56 Å². The number of rotatable bonds is 4. The summed E-state index contributed by atoms with van der Waals surface area (Å²) in [5.74, 6) is 1.79. The van der Waals surface area contributed by atoms with E-state index < -0.39 is 10.8 Å². The summed E-state index contributed by atoms with van der Waals surface area (Å²) in [4.78, 5) is 0. The quantitative estimate of drug-likeness (QED) is 0.857. The van der Waals surface area contributed by atoms with Gasteiger partial charge in [0.2, 0.25) is 0 Å². The molecule has 0 aliphatic carbocycles. The van der Waals surface area contributed by atoms with Crippen molar-refractivity contribution >= 4 is 34.0 Å². The van der Waals surface area contributed by atoms with E-state index in [4.69, 9.17) is 32.7 Å². The van der Waals surface area contributed by atoms with Gasteiger partial charge in [0.25, 0.3) is 0 Å². The fraction of sp³-hybridized carbons (Fsp3) is 0.333. The van der Waals surface area contributed by atoms with Gasteiger partial charge in [-0.1, -0.05) is 29.8 Å². The maximum atomic E-state index is 11.8. The van der Waals surface area contributed by atoms with Crippen LogP contribution in [0.25, 0.3) is 0 Å². The molecule has 0 spiro atoms. The van der Waals surface area contributed by atoms with Crippen LogP contribution in [-0.2, 0) is 16.6 Å². The maximum Gasteiger partial charge on any atom is 0.179 e. The van der Waals surface area contributed by atoms with Gasteiger partial charge in [0.1, 0.15) is 13.2 Å². The molecule has 0 saturated heterocycles. The highest BCUT2D eigenvalue weighted by molar-refractivity contribution is 7.84. The Morgan fingerprint density at radius 1 is 1.39 bits per heavy atom. The van der Waals surface area contributed by atoms with E-state index in [-0.39, 0.29) is 5.75 Å². The minimum Gasteiger partial charge on any atom is -0.486 e. The van der Waals surface area contributed by atoms with Gasteiger partial charge in [0.05, 0.1) is 10.8 Å². The summed E-state index contributed by atoms with van der Waals surface area (Å²) in [5, 5.41) is 0.862. The van der Waals surface area contributed by atoms with Crippen molar-refractivity contribution < 1.29 is 13.7 Å². The lowest BCUT2D eigenvalue weighted by Gasteiger charge is -2.20. The lowest BCUT2D eigenvalue weighted by molar-refractivity contribution is 0.171. The van der Waals surface area contributed by atoms with Gasteiger partial charge < -0.3 is 9.47 Å². The molecule has 0 bridgehead atoms. The normalized spacial score (nSPS) is 15.2. The van der Waals surface area contributed by atoms with Crippen molar-refractivity contribution in [2.45, 2.75) is 5.75 Å². The predicted molar refractivity (Wildman–Crippen MR) is 74.1 cm³/mol. The number of ether oxygens (including phenoxy) is 2. The summed E-state index contributed by atoms with van der Waals surface area (Å²) >= 11 is 11.7. The zero-order valence-electron chi connectivity index (χ0n) is 9.58. The molecule has 1 atom stereocenters. The Morgan fingerprint density at radius 2 is 2.11 bits per heavy atom. The molecule has 1 heterocycles. The molecule has 98 valence electrons. The zero-order valence-corrected chi connectivity index (χ0v) is 11.9. The van der Waals surface area contributed by atoms with Crippen LogP contribution >= 0.6 is 23.2 Å². The van der Waals surface area contributed by atoms with Crippen LogP contribution in [-0.4, -0.2) is 23.2 Å². The molecule has 1 aromatic carbocycles. The Morgan fingerprint density at radius 3 is 2.83 bits per heavy atom. The highest BCUT2D eigenvalue weighted by Crippen LogP contribution is 2.38. The van der Waals surface area contributed by atoms with E-state index >= 15 is 0 Å². The van der Waals surface area contributed by atoms with Crippen molar-refractivity contribution in [2.24, 2.45) is 0 Å². The molecule has 0 amide bonds. The lowest BCUT2D eigenvalue weighted by atomic mass is 10.2. The van der Waals surface area contributed by atoms with Crippen molar-refractivity contribution in [1.82, 2.24) is 0 Å². The molecule has 6 heteroatoms. The second-order valence-electron chi connectivity index (χ2n) is 3.85. The van der Waals surface area contributed by atoms with Gasteiger partial charge in [-0.15, -0.1) is 0 Å². The minimum atomic E-state index is -1.10. The topological polar surface area (TPSA) is 35.5 Å². The van der Waals surface area contributed by atoms with Crippen molar-refractivity contribution in [2.75, 3.05) is 19.0 Å². The molecule has 0 N–H and O–H groups in total. The van der Waals surface area contributed by atoms with Crippen LogP contribution in [0.4, 0.5) is 0 Å². The molecule has 2 rings (SSSR count). The van der Waals surface area contributed by atoms with Crippen molar-refractivity contribution in [3.05, 3.63) is 34.3 Å².